The fourth-order valence-electron chi connectivity index (χ4n) is 2.70. The number of aromatic nitrogens is 5. The van der Waals surface area contributed by atoms with E-state index in [0.29, 0.717) is 11.6 Å². The molecule has 0 saturated heterocycles. The van der Waals surface area contributed by atoms with Gasteiger partial charge in [-0.3, -0.25) is 0 Å². The van der Waals surface area contributed by atoms with Gasteiger partial charge in [0.25, 0.3) is 5.95 Å². The van der Waals surface area contributed by atoms with Crippen LogP contribution in [0.5, 0.6) is 0 Å². The Bertz CT molecular complexity index is 915. The maximum Gasteiger partial charge on any atom is 0.435 e. The largest absolute Gasteiger partial charge is 0.435 e. The van der Waals surface area contributed by atoms with Gasteiger partial charge in [-0.2, -0.15) is 28.2 Å². The zero-order chi connectivity index (χ0) is 21.6. The van der Waals surface area contributed by atoms with Gasteiger partial charge >= 0.3 is 6.18 Å². The zero-order valence-corrected chi connectivity index (χ0v) is 17.2. The number of nitrogens with zero attached hydrogens (tertiary/aromatic N) is 6. The van der Waals surface area contributed by atoms with Crippen LogP contribution >= 0.6 is 0 Å². The fraction of sp³-hybridized carbons (Fsp3) is 0.400. The van der Waals surface area contributed by atoms with E-state index in [2.05, 4.69) is 38.8 Å². The molecule has 2 aromatic heterocycles. The van der Waals surface area contributed by atoms with Crippen LogP contribution in [0.1, 0.15) is 39.2 Å². The van der Waals surface area contributed by atoms with Crippen molar-refractivity contribution in [1.82, 2.24) is 24.7 Å². The highest BCUT2D eigenvalue weighted by Gasteiger charge is 2.33. The van der Waals surface area contributed by atoms with Crippen LogP contribution in [0, 0.1) is 6.92 Å². The van der Waals surface area contributed by atoms with E-state index in [1.54, 1.807) is 6.92 Å². The van der Waals surface area contributed by atoms with Crippen molar-refractivity contribution in [3.05, 3.63) is 48.0 Å². The Labute approximate surface area is 168 Å². The molecule has 9 heteroatoms. The summed E-state index contributed by atoms with van der Waals surface area (Å²) in [7, 11) is 0. The molecule has 0 atom stereocenters. The Balaban J connectivity index is 0.00000145. The first-order valence-corrected chi connectivity index (χ1v) is 9.53. The number of hydrogen-bond acceptors (Lipinski definition) is 5. The summed E-state index contributed by atoms with van der Waals surface area (Å²) in [5.74, 6) is 0.820. The average molecular weight is 406 g/mol. The molecule has 29 heavy (non-hydrogen) atoms. The highest BCUT2D eigenvalue weighted by Crippen LogP contribution is 2.28. The molecular formula is C20H25F3N6. The van der Waals surface area contributed by atoms with E-state index in [9.17, 15) is 13.2 Å². The van der Waals surface area contributed by atoms with Crippen LogP contribution in [-0.2, 0) is 6.18 Å². The predicted molar refractivity (Wildman–Crippen MR) is 107 cm³/mol. The van der Waals surface area contributed by atoms with Crippen molar-refractivity contribution in [2.24, 2.45) is 0 Å². The first kappa shape index (κ1) is 22.3. The summed E-state index contributed by atoms with van der Waals surface area (Å²) >= 11 is 0. The van der Waals surface area contributed by atoms with Crippen LogP contribution in [0.25, 0.3) is 17.3 Å². The molecule has 0 fully saturated rings. The lowest BCUT2D eigenvalue weighted by Gasteiger charge is -2.21. The molecule has 0 aliphatic carbocycles. The van der Waals surface area contributed by atoms with Crippen molar-refractivity contribution in [3.63, 3.8) is 0 Å². The van der Waals surface area contributed by atoms with Gasteiger partial charge in [0, 0.05) is 30.5 Å². The van der Waals surface area contributed by atoms with E-state index in [1.807, 2.05) is 38.1 Å². The fourth-order valence-corrected chi connectivity index (χ4v) is 2.70. The molecule has 0 saturated carbocycles. The van der Waals surface area contributed by atoms with Crippen molar-refractivity contribution in [2.75, 3.05) is 18.0 Å². The van der Waals surface area contributed by atoms with Gasteiger partial charge < -0.3 is 4.90 Å². The third-order valence-electron chi connectivity index (χ3n) is 4.07. The minimum atomic E-state index is -4.52. The maximum absolute atomic E-state index is 12.8. The third kappa shape index (κ3) is 5.30. The van der Waals surface area contributed by atoms with E-state index in [1.165, 1.54) is 6.20 Å². The van der Waals surface area contributed by atoms with Gasteiger partial charge in [0.1, 0.15) is 5.82 Å². The first-order valence-electron chi connectivity index (χ1n) is 9.53. The van der Waals surface area contributed by atoms with Gasteiger partial charge in [0.2, 0.25) is 0 Å². The van der Waals surface area contributed by atoms with Gasteiger partial charge in [0.05, 0.1) is 0 Å². The number of aryl methyl sites for hydroxylation is 1. The Hall–Kier alpha value is -2.97. The topological polar surface area (TPSA) is 59.7 Å². The molecule has 0 aliphatic rings. The summed E-state index contributed by atoms with van der Waals surface area (Å²) in [5.41, 5.74) is 0.836. The molecule has 0 N–H and O–H groups in total. The lowest BCUT2D eigenvalue weighted by atomic mass is 10.2. The van der Waals surface area contributed by atoms with Crippen molar-refractivity contribution < 1.29 is 13.2 Å². The molecule has 0 spiro atoms. The van der Waals surface area contributed by atoms with Crippen molar-refractivity contribution in [2.45, 2.75) is 40.8 Å². The summed E-state index contributed by atoms with van der Waals surface area (Å²) in [6, 6.07) is 8.60. The van der Waals surface area contributed by atoms with Gasteiger partial charge in [-0.1, -0.05) is 13.8 Å². The van der Waals surface area contributed by atoms with Crippen LogP contribution in [0.4, 0.5) is 18.9 Å². The molecule has 3 aromatic rings. The molecular weight excluding hydrogens is 381 g/mol. The van der Waals surface area contributed by atoms with E-state index in [-0.39, 0.29) is 5.95 Å². The predicted octanol–water partition coefficient (Wildman–Crippen LogP) is 4.92. The second kappa shape index (κ2) is 9.49. The molecule has 0 radical (unpaired) electrons. The normalized spacial score (nSPS) is 11.0. The number of rotatable bonds is 5. The van der Waals surface area contributed by atoms with Crippen LogP contribution in [-0.4, -0.2) is 37.8 Å². The summed E-state index contributed by atoms with van der Waals surface area (Å²) in [4.78, 5) is 14.9. The minimum absolute atomic E-state index is 0.0424. The molecule has 0 aliphatic heterocycles. The molecule has 156 valence electrons. The van der Waals surface area contributed by atoms with Crippen LogP contribution < -0.4 is 4.90 Å². The number of halogens is 3. The van der Waals surface area contributed by atoms with Crippen LogP contribution in [0.2, 0.25) is 0 Å². The van der Waals surface area contributed by atoms with E-state index in [0.717, 1.165) is 35.1 Å². The van der Waals surface area contributed by atoms with Crippen molar-refractivity contribution >= 4 is 5.69 Å². The van der Waals surface area contributed by atoms with Gasteiger partial charge in [0.15, 0.2) is 11.5 Å². The summed E-state index contributed by atoms with van der Waals surface area (Å²) in [5, 5.41) is 3.52. The number of benzene rings is 1. The Morgan fingerprint density at radius 1 is 0.931 bits per heavy atom. The Morgan fingerprint density at radius 2 is 1.55 bits per heavy atom. The second-order valence-electron chi connectivity index (χ2n) is 5.87. The maximum atomic E-state index is 12.8. The second-order valence-corrected chi connectivity index (χ2v) is 5.87. The van der Waals surface area contributed by atoms with Gasteiger partial charge in [-0.05, 0) is 51.1 Å². The molecule has 6 nitrogen and oxygen atoms in total. The van der Waals surface area contributed by atoms with E-state index < -0.39 is 11.9 Å². The first-order chi connectivity index (χ1) is 13.8. The smallest absolute Gasteiger partial charge is 0.372 e. The van der Waals surface area contributed by atoms with Crippen molar-refractivity contribution in [1.29, 1.82) is 0 Å². The van der Waals surface area contributed by atoms with Crippen LogP contribution in [0.15, 0.2) is 36.5 Å². The van der Waals surface area contributed by atoms with Crippen LogP contribution in [0.3, 0.4) is 0 Å². The van der Waals surface area contributed by atoms with E-state index >= 15 is 0 Å². The monoisotopic (exact) mass is 406 g/mol. The standard InChI is InChI=1S/C18H19F3N6.C2H6/c1-4-26(5-2)14-8-6-13(7-9-14)16-22-12(3)23-17(24-16)27-11-10-15(25-27)18(19,20)21;1-2/h6-11H,4-5H2,1-3H3;1-2H3. The quantitative estimate of drug-likeness (QED) is 0.602. The lowest BCUT2D eigenvalue weighted by molar-refractivity contribution is -0.141. The van der Waals surface area contributed by atoms with Gasteiger partial charge in [-0.15, -0.1) is 0 Å². The lowest BCUT2D eigenvalue weighted by Crippen LogP contribution is -2.21. The molecule has 0 unspecified atom stereocenters. The molecule has 3 rings (SSSR count). The van der Waals surface area contributed by atoms with E-state index in [4.69, 9.17) is 0 Å². The highest BCUT2D eigenvalue weighted by molar-refractivity contribution is 5.60. The highest BCUT2D eigenvalue weighted by atomic mass is 19.4. The molecule has 2 heterocycles. The summed E-state index contributed by atoms with van der Waals surface area (Å²) in [6.07, 6.45) is -3.33. The molecule has 0 bridgehead atoms. The third-order valence-corrected chi connectivity index (χ3v) is 4.07. The average Bonchev–Trinajstić information content (AvgIpc) is 3.21. The van der Waals surface area contributed by atoms with Gasteiger partial charge in [-0.25, -0.2) is 9.67 Å². The minimum Gasteiger partial charge on any atom is -0.372 e. The number of alkyl halides is 3. The Kier molecular flexibility index (Phi) is 7.30. The zero-order valence-electron chi connectivity index (χ0n) is 17.2. The Morgan fingerprint density at radius 3 is 2.07 bits per heavy atom. The summed E-state index contributed by atoms with van der Waals surface area (Å²) < 4.78 is 39.3. The van der Waals surface area contributed by atoms with Crippen molar-refractivity contribution in [3.8, 4) is 17.3 Å². The number of hydrogen-bond donors (Lipinski definition) is 0. The number of anilines is 1. The molecule has 1 aromatic carbocycles. The summed E-state index contributed by atoms with van der Waals surface area (Å²) in [6.45, 7) is 11.6. The molecule has 0 amide bonds. The SMILES string of the molecule is CC.CCN(CC)c1ccc(-c2nc(C)nc(-n3ccc(C(F)(F)F)n3)n2)cc1.